The van der Waals surface area contributed by atoms with E-state index in [9.17, 15) is 4.79 Å². The van der Waals surface area contributed by atoms with Crippen LogP contribution in [0.4, 0.5) is 0 Å². The fourth-order valence-corrected chi connectivity index (χ4v) is 2.42. The molecule has 0 fully saturated rings. The van der Waals surface area contributed by atoms with Crippen molar-refractivity contribution in [1.29, 1.82) is 0 Å². The summed E-state index contributed by atoms with van der Waals surface area (Å²) in [6, 6.07) is 7.24. The number of halogens is 1. The van der Waals surface area contributed by atoms with E-state index in [1.54, 1.807) is 12.1 Å². The highest BCUT2D eigenvalue weighted by atomic mass is 35.5. The van der Waals surface area contributed by atoms with Gasteiger partial charge in [-0.2, -0.15) is 0 Å². The van der Waals surface area contributed by atoms with Gasteiger partial charge in [0.15, 0.2) is 0 Å². The number of hydrogen-bond acceptors (Lipinski definition) is 5. The van der Waals surface area contributed by atoms with E-state index in [0.29, 0.717) is 21.7 Å². The standard InChI is InChI=1S/C15H18ClN3O2S/c1-4-15(2,3)17-12(20)9-22-14-19-18-13(21-14)10-7-5-6-8-11(10)16/h5-8H,4,9H2,1-3H3,(H,17,20). The van der Waals surface area contributed by atoms with Crippen LogP contribution < -0.4 is 5.32 Å². The van der Waals surface area contributed by atoms with Crippen molar-refractivity contribution in [2.75, 3.05) is 5.75 Å². The van der Waals surface area contributed by atoms with Crippen molar-refractivity contribution in [3.8, 4) is 11.5 Å². The van der Waals surface area contributed by atoms with Crippen molar-refractivity contribution in [1.82, 2.24) is 15.5 Å². The van der Waals surface area contributed by atoms with E-state index in [1.165, 1.54) is 11.8 Å². The predicted octanol–water partition coefficient (Wildman–Crippen LogP) is 3.79. The molecule has 5 nitrogen and oxygen atoms in total. The summed E-state index contributed by atoms with van der Waals surface area (Å²) < 4.78 is 5.53. The molecule has 0 aliphatic rings. The first-order valence-electron chi connectivity index (χ1n) is 6.93. The second-order valence-corrected chi connectivity index (χ2v) is 6.76. The molecule has 7 heteroatoms. The molecule has 0 aliphatic heterocycles. The Bertz CT molecular complexity index is 658. The van der Waals surface area contributed by atoms with Crippen LogP contribution in [-0.4, -0.2) is 27.4 Å². The third-order valence-corrected chi connectivity index (χ3v) is 4.35. The van der Waals surface area contributed by atoms with Crippen molar-refractivity contribution in [2.45, 2.75) is 38.0 Å². The Hall–Kier alpha value is -1.53. The van der Waals surface area contributed by atoms with Crippen LogP contribution in [-0.2, 0) is 4.79 Å². The van der Waals surface area contributed by atoms with Crippen LogP contribution in [0, 0.1) is 0 Å². The highest BCUT2D eigenvalue weighted by Gasteiger charge is 2.19. The molecular formula is C15H18ClN3O2S. The average molecular weight is 340 g/mol. The minimum absolute atomic E-state index is 0.0608. The van der Waals surface area contributed by atoms with Crippen LogP contribution in [0.15, 0.2) is 33.9 Å². The number of thioether (sulfide) groups is 1. The number of rotatable bonds is 6. The third kappa shape index (κ3) is 4.48. The molecule has 1 aromatic carbocycles. The van der Waals surface area contributed by atoms with Crippen molar-refractivity contribution < 1.29 is 9.21 Å². The lowest BCUT2D eigenvalue weighted by Crippen LogP contribution is -2.43. The fraction of sp³-hybridized carbons (Fsp3) is 0.400. The van der Waals surface area contributed by atoms with Gasteiger partial charge < -0.3 is 9.73 Å². The largest absolute Gasteiger partial charge is 0.411 e. The van der Waals surface area contributed by atoms with Crippen LogP contribution in [0.3, 0.4) is 0 Å². The molecule has 0 radical (unpaired) electrons. The van der Waals surface area contributed by atoms with Gasteiger partial charge in [-0.3, -0.25) is 4.79 Å². The maximum atomic E-state index is 11.9. The average Bonchev–Trinajstić information content (AvgIpc) is 2.94. The van der Waals surface area contributed by atoms with Gasteiger partial charge in [-0.1, -0.05) is 42.4 Å². The van der Waals surface area contributed by atoms with Gasteiger partial charge in [-0.15, -0.1) is 10.2 Å². The highest BCUT2D eigenvalue weighted by Crippen LogP contribution is 2.28. The summed E-state index contributed by atoms with van der Waals surface area (Å²) in [4.78, 5) is 11.9. The van der Waals surface area contributed by atoms with E-state index < -0.39 is 0 Å². The molecule has 0 saturated heterocycles. The topological polar surface area (TPSA) is 68.0 Å². The lowest BCUT2D eigenvalue weighted by Gasteiger charge is -2.24. The molecular weight excluding hydrogens is 322 g/mol. The van der Waals surface area contributed by atoms with Gasteiger partial charge in [0.25, 0.3) is 5.22 Å². The van der Waals surface area contributed by atoms with Crippen LogP contribution >= 0.6 is 23.4 Å². The van der Waals surface area contributed by atoms with Gasteiger partial charge in [-0.25, -0.2) is 0 Å². The molecule has 22 heavy (non-hydrogen) atoms. The number of nitrogens with one attached hydrogen (secondary N) is 1. The number of hydrogen-bond donors (Lipinski definition) is 1. The number of carbonyl (C=O) groups excluding carboxylic acids is 1. The monoisotopic (exact) mass is 339 g/mol. The second kappa shape index (κ2) is 7.15. The summed E-state index contributed by atoms with van der Waals surface area (Å²) in [6.45, 7) is 6.00. The number of aromatic nitrogens is 2. The Labute approximate surface area is 138 Å². The Morgan fingerprint density at radius 1 is 1.36 bits per heavy atom. The highest BCUT2D eigenvalue weighted by molar-refractivity contribution is 7.99. The van der Waals surface area contributed by atoms with E-state index in [4.69, 9.17) is 16.0 Å². The van der Waals surface area contributed by atoms with Gasteiger partial charge in [-0.05, 0) is 32.4 Å². The summed E-state index contributed by atoms with van der Waals surface area (Å²) in [6.07, 6.45) is 0.862. The van der Waals surface area contributed by atoms with E-state index >= 15 is 0 Å². The first-order chi connectivity index (χ1) is 10.4. The van der Waals surface area contributed by atoms with Crippen LogP contribution in [0.25, 0.3) is 11.5 Å². The van der Waals surface area contributed by atoms with Gasteiger partial charge in [0.2, 0.25) is 11.8 Å². The molecule has 0 unspecified atom stereocenters. The Balaban J connectivity index is 1.96. The van der Waals surface area contributed by atoms with Gasteiger partial charge in [0.1, 0.15) is 0 Å². The quantitative estimate of drug-likeness (QED) is 0.811. The fourth-order valence-electron chi connectivity index (χ4n) is 1.64. The Kier molecular flexibility index (Phi) is 5.47. The van der Waals surface area contributed by atoms with E-state index in [2.05, 4.69) is 15.5 Å². The first-order valence-corrected chi connectivity index (χ1v) is 8.30. The molecule has 1 heterocycles. The SMILES string of the molecule is CCC(C)(C)NC(=O)CSc1nnc(-c2ccccc2Cl)o1. The zero-order valence-corrected chi connectivity index (χ0v) is 14.3. The van der Waals surface area contributed by atoms with Crippen LogP contribution in [0.2, 0.25) is 5.02 Å². The van der Waals surface area contributed by atoms with Crippen molar-refractivity contribution in [2.24, 2.45) is 0 Å². The molecule has 0 bridgehead atoms. The van der Waals surface area contributed by atoms with Gasteiger partial charge in [0.05, 0.1) is 16.3 Å². The normalized spacial score (nSPS) is 11.5. The summed E-state index contributed by atoms with van der Waals surface area (Å²) in [5, 5.41) is 11.7. The Morgan fingerprint density at radius 3 is 2.77 bits per heavy atom. The lowest BCUT2D eigenvalue weighted by molar-refractivity contribution is -0.120. The number of nitrogens with zero attached hydrogens (tertiary/aromatic N) is 2. The van der Waals surface area contributed by atoms with Gasteiger partial charge in [0, 0.05) is 5.54 Å². The minimum Gasteiger partial charge on any atom is -0.411 e. The third-order valence-electron chi connectivity index (χ3n) is 3.20. The smallest absolute Gasteiger partial charge is 0.277 e. The molecule has 1 amide bonds. The molecule has 1 N–H and O–H groups in total. The molecule has 0 spiro atoms. The summed E-state index contributed by atoms with van der Waals surface area (Å²) >= 11 is 7.29. The molecule has 2 aromatic rings. The second-order valence-electron chi connectivity index (χ2n) is 5.43. The zero-order valence-electron chi connectivity index (χ0n) is 12.7. The summed E-state index contributed by atoms with van der Waals surface area (Å²) in [5.41, 5.74) is 0.468. The molecule has 0 atom stereocenters. The first kappa shape index (κ1) is 16.8. The van der Waals surface area contributed by atoms with Crippen molar-refractivity contribution in [3.63, 3.8) is 0 Å². The molecule has 118 valence electrons. The van der Waals surface area contributed by atoms with Crippen molar-refractivity contribution >= 4 is 29.3 Å². The number of benzene rings is 1. The maximum Gasteiger partial charge on any atom is 0.277 e. The molecule has 0 aliphatic carbocycles. The van der Waals surface area contributed by atoms with Crippen molar-refractivity contribution in [3.05, 3.63) is 29.3 Å². The summed E-state index contributed by atoms with van der Waals surface area (Å²) in [7, 11) is 0. The van der Waals surface area contributed by atoms with Gasteiger partial charge >= 0.3 is 0 Å². The van der Waals surface area contributed by atoms with E-state index in [1.807, 2.05) is 32.9 Å². The Morgan fingerprint density at radius 2 is 2.09 bits per heavy atom. The van der Waals surface area contributed by atoms with E-state index in [0.717, 1.165) is 6.42 Å². The van der Waals surface area contributed by atoms with E-state index in [-0.39, 0.29) is 17.2 Å². The lowest BCUT2D eigenvalue weighted by atomic mass is 10.0. The maximum absolute atomic E-state index is 11.9. The molecule has 2 rings (SSSR count). The molecule has 1 aromatic heterocycles. The minimum atomic E-state index is -0.213. The molecule has 0 saturated carbocycles. The predicted molar refractivity (Wildman–Crippen MR) is 88.0 cm³/mol. The van der Waals surface area contributed by atoms with Crippen LogP contribution in [0.5, 0.6) is 0 Å². The van der Waals surface area contributed by atoms with Crippen LogP contribution in [0.1, 0.15) is 27.2 Å². The summed E-state index contributed by atoms with van der Waals surface area (Å²) in [5.74, 6) is 0.518. The zero-order chi connectivity index (χ0) is 16.2. The number of carbonyl (C=O) groups is 1. The number of amides is 1.